The maximum absolute atomic E-state index is 12.1. The van der Waals surface area contributed by atoms with Crippen LogP contribution in [0.25, 0.3) is 0 Å². The molecule has 1 aromatic carbocycles. The summed E-state index contributed by atoms with van der Waals surface area (Å²) < 4.78 is 6.20. The lowest BCUT2D eigenvalue weighted by molar-refractivity contribution is -0.141. The van der Waals surface area contributed by atoms with Crippen LogP contribution in [-0.2, 0) is 4.79 Å². The molecule has 0 saturated heterocycles. The Hall–Kier alpha value is -1.76. The normalized spacial score (nSPS) is 13.1. The number of halogens is 1. The van der Waals surface area contributed by atoms with Crippen molar-refractivity contribution in [2.45, 2.75) is 19.9 Å². The van der Waals surface area contributed by atoms with Gasteiger partial charge in [0.25, 0.3) is 0 Å². The third kappa shape index (κ3) is 4.91. The number of carbonyl (C=O) groups is 2. The number of benzene rings is 1. The van der Waals surface area contributed by atoms with E-state index in [4.69, 9.17) is 9.84 Å². The van der Waals surface area contributed by atoms with Crippen molar-refractivity contribution >= 4 is 27.9 Å². The molecule has 0 fully saturated rings. The molecule has 2 N–H and O–H groups in total. The first kappa shape index (κ1) is 18.3. The van der Waals surface area contributed by atoms with Crippen LogP contribution in [0.4, 0.5) is 4.79 Å². The van der Waals surface area contributed by atoms with Gasteiger partial charge >= 0.3 is 12.0 Å². The Morgan fingerprint density at radius 3 is 2.59 bits per heavy atom. The van der Waals surface area contributed by atoms with E-state index in [0.29, 0.717) is 5.75 Å². The van der Waals surface area contributed by atoms with Gasteiger partial charge in [0, 0.05) is 23.6 Å². The van der Waals surface area contributed by atoms with Gasteiger partial charge in [-0.2, -0.15) is 0 Å². The molecule has 2 atom stereocenters. The van der Waals surface area contributed by atoms with Crippen LogP contribution in [0.15, 0.2) is 22.7 Å². The fraction of sp³-hybridized carbons (Fsp3) is 0.467. The lowest BCUT2D eigenvalue weighted by Gasteiger charge is -2.24. The van der Waals surface area contributed by atoms with Crippen LogP contribution < -0.4 is 10.1 Å². The summed E-state index contributed by atoms with van der Waals surface area (Å²) in [7, 11) is 3.14. The number of methoxy groups -OCH3 is 1. The number of nitrogens with one attached hydrogen (secondary N) is 1. The van der Waals surface area contributed by atoms with Gasteiger partial charge in [-0.15, -0.1) is 0 Å². The second-order valence-corrected chi connectivity index (χ2v) is 6.09. The average Bonchev–Trinajstić information content (AvgIpc) is 2.46. The molecule has 1 rings (SSSR count). The highest BCUT2D eigenvalue weighted by Crippen LogP contribution is 2.28. The number of nitrogens with zero attached hydrogens (tertiary/aromatic N) is 1. The monoisotopic (exact) mass is 372 g/mol. The summed E-state index contributed by atoms with van der Waals surface area (Å²) in [6.45, 7) is 3.55. The Morgan fingerprint density at radius 2 is 2.05 bits per heavy atom. The van der Waals surface area contributed by atoms with Crippen LogP contribution in [0, 0.1) is 5.92 Å². The number of carbonyl (C=O) groups excluding carboxylic acids is 1. The van der Waals surface area contributed by atoms with Crippen molar-refractivity contribution < 1.29 is 19.4 Å². The third-order valence-electron chi connectivity index (χ3n) is 3.32. The van der Waals surface area contributed by atoms with Gasteiger partial charge in [0.2, 0.25) is 0 Å². The van der Waals surface area contributed by atoms with Crippen LogP contribution in [0.2, 0.25) is 0 Å². The first-order valence-electron chi connectivity index (χ1n) is 6.84. The van der Waals surface area contributed by atoms with E-state index in [9.17, 15) is 9.59 Å². The van der Waals surface area contributed by atoms with Crippen LogP contribution in [-0.4, -0.2) is 42.7 Å². The van der Waals surface area contributed by atoms with Crippen LogP contribution in [0.1, 0.15) is 25.5 Å². The minimum absolute atomic E-state index is 0.144. The van der Waals surface area contributed by atoms with E-state index in [1.54, 1.807) is 21.1 Å². The molecule has 0 aromatic heterocycles. The SMILES string of the molecule is COc1cc(Br)ccc1C(C)NC(=O)N(C)CC(C)C(=O)O. The van der Waals surface area contributed by atoms with E-state index in [0.717, 1.165) is 10.0 Å². The second-order valence-electron chi connectivity index (χ2n) is 5.18. The quantitative estimate of drug-likeness (QED) is 0.804. The number of carboxylic acids is 1. The second kappa shape index (κ2) is 8.03. The van der Waals surface area contributed by atoms with Gasteiger partial charge in [-0.25, -0.2) is 4.79 Å². The zero-order chi connectivity index (χ0) is 16.9. The predicted octanol–water partition coefficient (Wildman–Crippen LogP) is 2.88. The Labute approximate surface area is 138 Å². The Balaban J connectivity index is 2.73. The number of aliphatic carboxylic acids is 1. The van der Waals surface area contributed by atoms with Crippen molar-refractivity contribution in [2.24, 2.45) is 5.92 Å². The first-order valence-corrected chi connectivity index (χ1v) is 7.63. The van der Waals surface area contributed by atoms with Gasteiger partial charge in [0.05, 0.1) is 19.1 Å². The van der Waals surface area contributed by atoms with Crippen molar-refractivity contribution in [3.63, 3.8) is 0 Å². The first-order chi connectivity index (χ1) is 10.3. The summed E-state index contributed by atoms with van der Waals surface area (Å²) in [5.74, 6) is -0.876. The van der Waals surface area contributed by atoms with Gasteiger partial charge < -0.3 is 20.1 Å². The largest absolute Gasteiger partial charge is 0.496 e. The average molecular weight is 373 g/mol. The molecular weight excluding hydrogens is 352 g/mol. The molecule has 6 nitrogen and oxygen atoms in total. The summed E-state index contributed by atoms with van der Waals surface area (Å²) >= 11 is 3.37. The van der Waals surface area contributed by atoms with Crippen LogP contribution in [0.3, 0.4) is 0 Å². The molecule has 22 heavy (non-hydrogen) atoms. The van der Waals surface area contributed by atoms with E-state index in [1.165, 1.54) is 4.90 Å². The van der Waals surface area contributed by atoms with Gasteiger partial charge in [-0.05, 0) is 19.1 Å². The van der Waals surface area contributed by atoms with Crippen molar-refractivity contribution in [2.75, 3.05) is 20.7 Å². The number of urea groups is 1. The molecule has 1 aromatic rings. The van der Waals surface area contributed by atoms with Crippen molar-refractivity contribution in [3.8, 4) is 5.75 Å². The molecule has 2 unspecified atom stereocenters. The smallest absolute Gasteiger partial charge is 0.317 e. The van der Waals surface area contributed by atoms with Gasteiger partial charge in [0.1, 0.15) is 5.75 Å². The summed E-state index contributed by atoms with van der Waals surface area (Å²) in [4.78, 5) is 24.3. The van der Waals surface area contributed by atoms with E-state index < -0.39 is 11.9 Å². The van der Waals surface area contributed by atoms with Gasteiger partial charge in [0.15, 0.2) is 0 Å². The summed E-state index contributed by atoms with van der Waals surface area (Å²) in [5.41, 5.74) is 0.846. The molecular formula is C15H21BrN2O4. The highest BCUT2D eigenvalue weighted by molar-refractivity contribution is 9.10. The van der Waals surface area contributed by atoms with Gasteiger partial charge in [-0.3, -0.25) is 4.79 Å². The topological polar surface area (TPSA) is 78.9 Å². The van der Waals surface area contributed by atoms with Crippen LogP contribution >= 0.6 is 15.9 Å². The van der Waals surface area contributed by atoms with E-state index in [2.05, 4.69) is 21.2 Å². The van der Waals surface area contributed by atoms with Crippen molar-refractivity contribution in [3.05, 3.63) is 28.2 Å². The number of ether oxygens (including phenoxy) is 1. The zero-order valence-corrected chi connectivity index (χ0v) is 14.7. The Bertz CT molecular complexity index is 550. The standard InChI is InChI=1S/C15H21BrN2O4/c1-9(14(19)20)8-18(3)15(21)17-10(2)12-6-5-11(16)7-13(12)22-4/h5-7,9-10H,8H2,1-4H3,(H,17,21)(H,19,20). The number of carboxylic acid groups (broad SMARTS) is 1. The highest BCUT2D eigenvalue weighted by Gasteiger charge is 2.20. The molecule has 7 heteroatoms. The Morgan fingerprint density at radius 1 is 1.41 bits per heavy atom. The number of amides is 2. The fourth-order valence-corrected chi connectivity index (χ4v) is 2.33. The summed E-state index contributed by atoms with van der Waals surface area (Å²) in [6.07, 6.45) is 0. The van der Waals surface area contributed by atoms with Crippen LogP contribution in [0.5, 0.6) is 5.75 Å². The third-order valence-corrected chi connectivity index (χ3v) is 3.81. The maximum Gasteiger partial charge on any atom is 0.317 e. The molecule has 0 aliphatic rings. The summed E-state index contributed by atoms with van der Waals surface area (Å²) in [6, 6.07) is 4.97. The number of hydrogen-bond acceptors (Lipinski definition) is 3. The Kier molecular flexibility index (Phi) is 6.67. The molecule has 0 bridgehead atoms. The van der Waals surface area contributed by atoms with E-state index in [1.807, 2.05) is 25.1 Å². The van der Waals surface area contributed by atoms with E-state index >= 15 is 0 Å². The summed E-state index contributed by atoms with van der Waals surface area (Å²) in [5, 5.41) is 11.7. The van der Waals surface area contributed by atoms with Crippen molar-refractivity contribution in [1.82, 2.24) is 10.2 Å². The van der Waals surface area contributed by atoms with E-state index in [-0.39, 0.29) is 18.6 Å². The molecule has 122 valence electrons. The minimum atomic E-state index is -0.928. The number of hydrogen-bond donors (Lipinski definition) is 2. The molecule has 0 heterocycles. The minimum Gasteiger partial charge on any atom is -0.496 e. The molecule has 0 aliphatic heterocycles. The lowest BCUT2D eigenvalue weighted by Crippen LogP contribution is -2.41. The zero-order valence-electron chi connectivity index (χ0n) is 13.1. The van der Waals surface area contributed by atoms with Gasteiger partial charge in [-0.1, -0.05) is 28.9 Å². The fourth-order valence-electron chi connectivity index (χ4n) is 1.99. The lowest BCUT2D eigenvalue weighted by atomic mass is 10.1. The molecule has 2 amide bonds. The molecule has 0 spiro atoms. The maximum atomic E-state index is 12.1. The predicted molar refractivity (Wildman–Crippen MR) is 87.1 cm³/mol. The highest BCUT2D eigenvalue weighted by atomic mass is 79.9. The van der Waals surface area contributed by atoms with Crippen molar-refractivity contribution in [1.29, 1.82) is 0 Å². The molecule has 0 radical (unpaired) electrons. The molecule has 0 saturated carbocycles. The molecule has 0 aliphatic carbocycles. The number of rotatable bonds is 6.